The summed E-state index contributed by atoms with van der Waals surface area (Å²) in [6.45, 7) is 5.87. The number of fused-ring (bicyclic) bond motifs is 5. The fourth-order valence-electron chi connectivity index (χ4n) is 6.57. The molecule has 5 aliphatic rings. The lowest BCUT2D eigenvalue weighted by Gasteiger charge is -2.40. The number of ether oxygens (including phenoxy) is 1. The van der Waals surface area contributed by atoms with Gasteiger partial charge in [0.05, 0.1) is 22.6 Å². The van der Waals surface area contributed by atoms with Crippen LogP contribution in [0.25, 0.3) is 10.9 Å². The van der Waals surface area contributed by atoms with Gasteiger partial charge in [-0.3, -0.25) is 29.2 Å². The molecule has 36 heavy (non-hydrogen) atoms. The molecule has 1 spiro atoms. The molecule has 2 N–H and O–H groups in total. The summed E-state index contributed by atoms with van der Waals surface area (Å²) < 4.78 is 8.48. The molecule has 2 saturated heterocycles. The van der Waals surface area contributed by atoms with Crippen molar-refractivity contribution in [2.24, 2.45) is 5.92 Å². The molecule has 0 saturated carbocycles. The normalized spacial score (nSPS) is 32.9. The minimum Gasteiger partial charge on any atom is -0.334 e. The number of para-hydroxylation sites is 2. The summed E-state index contributed by atoms with van der Waals surface area (Å²) in [7, 11) is 0. The van der Waals surface area contributed by atoms with Gasteiger partial charge in [0, 0.05) is 12.0 Å². The SMILES string of the molecule is CCC(C)[C@@H]1N[C@@H]2N(C1=O)c1ccccc1[C@]21C[C@@H]2C(=O)N[C@](C)(O1)c1nc3ccccc3c(=O)n12. The first-order chi connectivity index (χ1) is 17.3. The van der Waals surface area contributed by atoms with Crippen LogP contribution in [-0.2, 0) is 25.7 Å². The van der Waals surface area contributed by atoms with Crippen molar-refractivity contribution in [3.05, 3.63) is 70.3 Å². The van der Waals surface area contributed by atoms with E-state index in [9.17, 15) is 14.4 Å². The summed E-state index contributed by atoms with van der Waals surface area (Å²) in [6.07, 6.45) is 0.514. The highest BCUT2D eigenvalue weighted by molar-refractivity contribution is 6.03. The first-order valence-corrected chi connectivity index (χ1v) is 12.5. The largest absolute Gasteiger partial charge is 0.334 e. The average Bonchev–Trinajstić information content (AvgIpc) is 3.26. The number of hydrogen-bond acceptors (Lipinski definition) is 6. The van der Waals surface area contributed by atoms with E-state index in [0.717, 1.165) is 17.7 Å². The van der Waals surface area contributed by atoms with Gasteiger partial charge < -0.3 is 10.1 Å². The zero-order valence-electron chi connectivity index (χ0n) is 20.3. The molecule has 9 heteroatoms. The zero-order valence-corrected chi connectivity index (χ0v) is 20.3. The number of hydrogen-bond donors (Lipinski definition) is 2. The van der Waals surface area contributed by atoms with Gasteiger partial charge in [-0.05, 0) is 31.0 Å². The van der Waals surface area contributed by atoms with Gasteiger partial charge in [-0.25, -0.2) is 4.98 Å². The molecule has 6 atom stereocenters. The smallest absolute Gasteiger partial charge is 0.262 e. The number of carbonyl (C=O) groups is 2. The third-order valence-corrected chi connectivity index (χ3v) is 8.47. The Balaban J connectivity index is 1.47. The van der Waals surface area contributed by atoms with Crippen LogP contribution < -0.4 is 21.1 Å². The van der Waals surface area contributed by atoms with E-state index >= 15 is 0 Å². The Morgan fingerprint density at radius 1 is 1.14 bits per heavy atom. The van der Waals surface area contributed by atoms with Crippen molar-refractivity contribution in [1.29, 1.82) is 0 Å². The van der Waals surface area contributed by atoms with Crippen LogP contribution >= 0.6 is 0 Å². The van der Waals surface area contributed by atoms with E-state index in [-0.39, 0.29) is 35.8 Å². The van der Waals surface area contributed by atoms with Crippen molar-refractivity contribution >= 4 is 28.4 Å². The number of rotatable bonds is 2. The van der Waals surface area contributed by atoms with Crippen molar-refractivity contribution in [2.75, 3.05) is 4.90 Å². The Kier molecular flexibility index (Phi) is 4.23. The van der Waals surface area contributed by atoms with Crippen molar-refractivity contribution in [2.45, 2.75) is 63.2 Å². The van der Waals surface area contributed by atoms with Crippen LogP contribution in [0, 0.1) is 5.92 Å². The number of nitrogens with one attached hydrogen (secondary N) is 2. The number of anilines is 1. The molecule has 1 unspecified atom stereocenters. The van der Waals surface area contributed by atoms with Crippen molar-refractivity contribution in [3.63, 3.8) is 0 Å². The predicted molar refractivity (Wildman–Crippen MR) is 132 cm³/mol. The number of aromatic nitrogens is 2. The van der Waals surface area contributed by atoms with Gasteiger partial charge >= 0.3 is 0 Å². The lowest BCUT2D eigenvalue weighted by molar-refractivity contribution is -0.181. The lowest BCUT2D eigenvalue weighted by Crippen LogP contribution is -2.57. The number of amides is 2. The van der Waals surface area contributed by atoms with Gasteiger partial charge in [0.2, 0.25) is 11.8 Å². The maximum absolute atomic E-state index is 13.7. The monoisotopic (exact) mass is 485 g/mol. The minimum absolute atomic E-state index is 0.00172. The Hall–Kier alpha value is -3.56. The molecule has 9 nitrogen and oxygen atoms in total. The molecule has 184 valence electrons. The van der Waals surface area contributed by atoms with Crippen LogP contribution in [0.5, 0.6) is 0 Å². The first-order valence-electron chi connectivity index (χ1n) is 12.5. The second-order valence-electron chi connectivity index (χ2n) is 10.5. The van der Waals surface area contributed by atoms with Crippen LogP contribution in [0.4, 0.5) is 5.69 Å². The summed E-state index contributed by atoms with van der Waals surface area (Å²) in [5.74, 6) is 0.199. The number of carbonyl (C=O) groups excluding carboxylic acids is 2. The van der Waals surface area contributed by atoms with Crippen LogP contribution in [-0.4, -0.2) is 33.6 Å². The molecule has 3 aromatic rings. The molecule has 0 radical (unpaired) electrons. The Labute approximate surface area is 207 Å². The quantitative estimate of drug-likeness (QED) is 0.577. The molecule has 8 rings (SSSR count). The highest BCUT2D eigenvalue weighted by Gasteiger charge is 2.66. The Bertz CT molecular complexity index is 1530. The van der Waals surface area contributed by atoms with Gasteiger partial charge in [-0.15, -0.1) is 0 Å². The van der Waals surface area contributed by atoms with Gasteiger partial charge in [-0.1, -0.05) is 50.6 Å². The lowest BCUT2D eigenvalue weighted by atomic mass is 9.85. The van der Waals surface area contributed by atoms with E-state index in [4.69, 9.17) is 9.72 Å². The molecular weight excluding hydrogens is 458 g/mol. The summed E-state index contributed by atoms with van der Waals surface area (Å²) >= 11 is 0. The molecule has 2 amide bonds. The molecule has 5 aliphatic heterocycles. The Morgan fingerprint density at radius 2 is 1.89 bits per heavy atom. The van der Waals surface area contributed by atoms with Crippen LogP contribution in [0.1, 0.15) is 51.0 Å². The minimum atomic E-state index is -1.38. The maximum atomic E-state index is 13.7. The summed E-state index contributed by atoms with van der Waals surface area (Å²) in [4.78, 5) is 47.5. The maximum Gasteiger partial charge on any atom is 0.262 e. The molecule has 2 bridgehead atoms. The topological polar surface area (TPSA) is 106 Å². The second kappa shape index (κ2) is 7.02. The van der Waals surface area contributed by atoms with E-state index in [0.29, 0.717) is 16.7 Å². The van der Waals surface area contributed by atoms with Crippen LogP contribution in [0.15, 0.2) is 53.3 Å². The average molecular weight is 486 g/mol. The zero-order chi connectivity index (χ0) is 25.0. The van der Waals surface area contributed by atoms with E-state index in [1.165, 1.54) is 4.57 Å². The molecule has 2 aromatic carbocycles. The number of benzene rings is 2. The fourth-order valence-corrected chi connectivity index (χ4v) is 6.57. The fraction of sp³-hybridized carbons (Fsp3) is 0.407. The molecule has 1 aromatic heterocycles. The molecule has 0 aliphatic carbocycles. The van der Waals surface area contributed by atoms with Crippen LogP contribution in [0.3, 0.4) is 0 Å². The summed E-state index contributed by atoms with van der Waals surface area (Å²) in [6, 6.07) is 13.6. The second-order valence-corrected chi connectivity index (χ2v) is 10.5. The van der Waals surface area contributed by atoms with E-state index in [1.54, 1.807) is 30.0 Å². The summed E-state index contributed by atoms with van der Waals surface area (Å²) in [5.41, 5.74) is -0.559. The highest BCUT2D eigenvalue weighted by Crippen LogP contribution is 2.56. The predicted octanol–water partition coefficient (Wildman–Crippen LogP) is 2.25. The first kappa shape index (κ1) is 21.7. The van der Waals surface area contributed by atoms with Gasteiger partial charge in [-0.2, -0.15) is 0 Å². The standard InChI is InChI=1S/C27H27N5O4/c1-4-14(2)20-23(35)31-18-12-8-6-10-16(18)27(25(31)29-20)13-19-21(33)30-26(3,36-27)24-28-17-11-7-5-9-15(17)22(34)32(19)24/h5-12,14,19-20,25,29H,4,13H2,1-3H3,(H,30,33)/t14?,19-,20+,25-,26-,27-/m1/s1. The molecular formula is C27H27N5O4. The van der Waals surface area contributed by atoms with E-state index < -0.39 is 23.5 Å². The van der Waals surface area contributed by atoms with Gasteiger partial charge in [0.1, 0.15) is 17.8 Å². The molecule has 2 fully saturated rings. The van der Waals surface area contributed by atoms with E-state index in [1.807, 2.05) is 30.3 Å². The van der Waals surface area contributed by atoms with Crippen LogP contribution in [0.2, 0.25) is 0 Å². The Morgan fingerprint density at radius 3 is 2.69 bits per heavy atom. The van der Waals surface area contributed by atoms with Crippen molar-refractivity contribution in [1.82, 2.24) is 20.2 Å². The number of nitrogens with zero attached hydrogens (tertiary/aromatic N) is 3. The van der Waals surface area contributed by atoms with Gasteiger partial charge in [0.15, 0.2) is 11.5 Å². The molecule has 6 heterocycles. The third kappa shape index (κ3) is 2.51. The van der Waals surface area contributed by atoms with Crippen molar-refractivity contribution < 1.29 is 14.3 Å². The van der Waals surface area contributed by atoms with Gasteiger partial charge in [0.25, 0.3) is 5.56 Å². The third-order valence-electron chi connectivity index (χ3n) is 8.47. The summed E-state index contributed by atoms with van der Waals surface area (Å²) in [5, 5.41) is 7.03. The highest BCUT2D eigenvalue weighted by atomic mass is 16.5. The van der Waals surface area contributed by atoms with E-state index in [2.05, 4.69) is 24.5 Å². The van der Waals surface area contributed by atoms with Crippen molar-refractivity contribution in [3.8, 4) is 0 Å².